The summed E-state index contributed by atoms with van der Waals surface area (Å²) in [6.45, 7) is 0. The first-order chi connectivity index (χ1) is 11.7. The number of thiazole rings is 1. The first kappa shape index (κ1) is 14.6. The minimum atomic E-state index is -0.130. The molecule has 5 heteroatoms. The van der Waals surface area contributed by atoms with Crippen LogP contribution in [0.5, 0.6) is 0 Å². The van der Waals surface area contributed by atoms with Gasteiger partial charge in [0.1, 0.15) is 0 Å². The summed E-state index contributed by atoms with van der Waals surface area (Å²) in [5, 5.41) is 5.84. The Kier molecular flexibility index (Phi) is 3.27. The lowest BCUT2D eigenvalue weighted by molar-refractivity contribution is -0.00688. The molecule has 124 valence electrons. The van der Waals surface area contributed by atoms with Crippen molar-refractivity contribution in [2.45, 2.75) is 43.9 Å². The molecule has 4 aliphatic carbocycles. The second-order valence-electron chi connectivity index (χ2n) is 7.93. The maximum absolute atomic E-state index is 12.3. The molecule has 2 aromatic heterocycles. The van der Waals surface area contributed by atoms with E-state index in [1.807, 2.05) is 0 Å². The van der Waals surface area contributed by atoms with Gasteiger partial charge in [-0.15, -0.1) is 11.3 Å². The number of nitrogens with zero attached hydrogens (tertiary/aromatic N) is 2. The summed E-state index contributed by atoms with van der Waals surface area (Å²) < 4.78 is 0. The predicted octanol–water partition coefficient (Wildman–Crippen LogP) is 4.26. The van der Waals surface area contributed by atoms with Crippen LogP contribution in [-0.4, -0.2) is 15.9 Å². The average molecular weight is 339 g/mol. The summed E-state index contributed by atoms with van der Waals surface area (Å²) in [6.07, 6.45) is 11.5. The van der Waals surface area contributed by atoms with Crippen molar-refractivity contribution < 1.29 is 4.79 Å². The molecule has 0 unspecified atom stereocenters. The standard InChI is InChI=1S/C19H21N3OS/c23-17(15-2-1-3-20-10-15)22-18-21-16(11-24-18)19-7-12-4-13(8-19)6-14(5-12)9-19/h1-3,10-14H,4-9H2,(H,21,22,23). The highest BCUT2D eigenvalue weighted by molar-refractivity contribution is 7.14. The predicted molar refractivity (Wildman–Crippen MR) is 94.2 cm³/mol. The third-order valence-corrected chi connectivity index (χ3v) is 6.99. The Bertz CT molecular complexity index is 735. The minimum absolute atomic E-state index is 0.130. The molecule has 0 spiro atoms. The second kappa shape index (κ2) is 5.38. The highest BCUT2D eigenvalue weighted by atomic mass is 32.1. The minimum Gasteiger partial charge on any atom is -0.298 e. The summed E-state index contributed by atoms with van der Waals surface area (Å²) >= 11 is 1.56. The van der Waals surface area contributed by atoms with Gasteiger partial charge < -0.3 is 0 Å². The highest BCUT2D eigenvalue weighted by Gasteiger charge is 2.52. The zero-order valence-electron chi connectivity index (χ0n) is 13.6. The van der Waals surface area contributed by atoms with Gasteiger partial charge in [0.25, 0.3) is 5.91 Å². The summed E-state index contributed by atoms with van der Waals surface area (Å²) in [5.74, 6) is 2.60. The molecule has 4 saturated carbocycles. The van der Waals surface area contributed by atoms with Gasteiger partial charge in [0.15, 0.2) is 5.13 Å². The number of hydrogen-bond donors (Lipinski definition) is 1. The first-order valence-corrected chi connectivity index (χ1v) is 9.75. The van der Waals surface area contributed by atoms with Gasteiger partial charge in [0.2, 0.25) is 0 Å². The van der Waals surface area contributed by atoms with Gasteiger partial charge in [-0.3, -0.25) is 15.1 Å². The Morgan fingerprint density at radius 3 is 2.50 bits per heavy atom. The number of nitrogens with one attached hydrogen (secondary N) is 1. The third-order valence-electron chi connectivity index (χ3n) is 6.23. The van der Waals surface area contributed by atoms with Crippen LogP contribution in [0.15, 0.2) is 29.9 Å². The van der Waals surface area contributed by atoms with Gasteiger partial charge in [-0.05, 0) is 68.4 Å². The molecule has 0 saturated heterocycles. The molecule has 0 atom stereocenters. The van der Waals surface area contributed by atoms with Crippen molar-refractivity contribution in [3.63, 3.8) is 0 Å². The van der Waals surface area contributed by atoms with Gasteiger partial charge in [-0.1, -0.05) is 0 Å². The van der Waals surface area contributed by atoms with Gasteiger partial charge in [-0.25, -0.2) is 4.98 Å². The van der Waals surface area contributed by atoms with Crippen LogP contribution in [-0.2, 0) is 5.41 Å². The van der Waals surface area contributed by atoms with E-state index in [9.17, 15) is 4.79 Å². The molecule has 6 rings (SSSR count). The summed E-state index contributed by atoms with van der Waals surface area (Å²) in [7, 11) is 0. The third kappa shape index (κ3) is 2.37. The van der Waals surface area contributed by atoms with Crippen molar-refractivity contribution in [1.82, 2.24) is 9.97 Å². The van der Waals surface area contributed by atoms with Crippen LogP contribution in [0, 0.1) is 17.8 Å². The van der Waals surface area contributed by atoms with Crippen molar-refractivity contribution in [2.24, 2.45) is 17.8 Å². The van der Waals surface area contributed by atoms with E-state index in [2.05, 4.69) is 15.7 Å². The zero-order valence-corrected chi connectivity index (χ0v) is 14.4. The molecule has 0 radical (unpaired) electrons. The van der Waals surface area contributed by atoms with Crippen molar-refractivity contribution in [2.75, 3.05) is 5.32 Å². The largest absolute Gasteiger partial charge is 0.298 e. The fourth-order valence-corrected chi connectivity index (χ4v) is 6.49. The van der Waals surface area contributed by atoms with Crippen molar-refractivity contribution in [3.05, 3.63) is 41.2 Å². The lowest BCUT2D eigenvalue weighted by Gasteiger charge is -2.56. The van der Waals surface area contributed by atoms with E-state index in [-0.39, 0.29) is 5.91 Å². The number of amides is 1. The molecular formula is C19H21N3OS. The Morgan fingerprint density at radius 1 is 1.17 bits per heavy atom. The Morgan fingerprint density at radius 2 is 1.88 bits per heavy atom. The van der Waals surface area contributed by atoms with Crippen LogP contribution in [0.1, 0.15) is 54.6 Å². The molecule has 2 heterocycles. The molecular weight excluding hydrogens is 318 g/mol. The van der Waals surface area contributed by atoms with E-state index >= 15 is 0 Å². The van der Waals surface area contributed by atoms with E-state index < -0.39 is 0 Å². The molecule has 4 bridgehead atoms. The zero-order chi connectivity index (χ0) is 16.1. The topological polar surface area (TPSA) is 54.9 Å². The van der Waals surface area contributed by atoms with E-state index in [0.29, 0.717) is 11.0 Å². The lowest BCUT2D eigenvalue weighted by atomic mass is 9.49. The van der Waals surface area contributed by atoms with Crippen LogP contribution in [0.4, 0.5) is 5.13 Å². The van der Waals surface area contributed by atoms with E-state index in [1.165, 1.54) is 44.2 Å². The molecule has 24 heavy (non-hydrogen) atoms. The van der Waals surface area contributed by atoms with E-state index in [1.54, 1.807) is 35.9 Å². The number of carbonyl (C=O) groups is 1. The average Bonchev–Trinajstić information content (AvgIpc) is 3.04. The molecule has 4 aliphatic rings. The van der Waals surface area contributed by atoms with Gasteiger partial charge in [-0.2, -0.15) is 0 Å². The quantitative estimate of drug-likeness (QED) is 0.909. The van der Waals surface area contributed by atoms with Gasteiger partial charge >= 0.3 is 0 Å². The van der Waals surface area contributed by atoms with Crippen LogP contribution in [0.2, 0.25) is 0 Å². The van der Waals surface area contributed by atoms with Gasteiger partial charge in [0.05, 0.1) is 11.3 Å². The number of aromatic nitrogens is 2. The number of hydrogen-bond acceptors (Lipinski definition) is 4. The molecule has 0 aliphatic heterocycles. The van der Waals surface area contributed by atoms with Crippen LogP contribution in [0.25, 0.3) is 0 Å². The second-order valence-corrected chi connectivity index (χ2v) is 8.79. The Labute approximate surface area is 145 Å². The number of anilines is 1. The number of carbonyl (C=O) groups excluding carboxylic acids is 1. The maximum Gasteiger partial charge on any atom is 0.259 e. The fraction of sp³-hybridized carbons (Fsp3) is 0.526. The molecule has 4 fully saturated rings. The van der Waals surface area contributed by atoms with Crippen LogP contribution in [0.3, 0.4) is 0 Å². The SMILES string of the molecule is O=C(Nc1nc(C23CC4CC(CC(C4)C2)C3)cs1)c1cccnc1. The van der Waals surface area contributed by atoms with Crippen LogP contribution < -0.4 is 5.32 Å². The molecule has 4 nitrogen and oxygen atoms in total. The summed E-state index contributed by atoms with van der Waals surface area (Å²) in [6, 6.07) is 3.55. The van der Waals surface area contributed by atoms with Gasteiger partial charge in [0, 0.05) is 23.2 Å². The number of rotatable bonds is 3. The van der Waals surface area contributed by atoms with Crippen molar-refractivity contribution >= 4 is 22.4 Å². The fourth-order valence-electron chi connectivity index (χ4n) is 5.67. The lowest BCUT2D eigenvalue weighted by Crippen LogP contribution is -2.48. The van der Waals surface area contributed by atoms with Crippen molar-refractivity contribution in [3.8, 4) is 0 Å². The molecule has 1 N–H and O–H groups in total. The first-order valence-electron chi connectivity index (χ1n) is 8.88. The normalized spacial score (nSPS) is 33.6. The smallest absolute Gasteiger partial charge is 0.259 e. The molecule has 0 aromatic carbocycles. The molecule has 1 amide bonds. The van der Waals surface area contributed by atoms with E-state index in [4.69, 9.17) is 4.98 Å². The van der Waals surface area contributed by atoms with E-state index in [0.717, 1.165) is 22.9 Å². The monoisotopic (exact) mass is 339 g/mol. The maximum atomic E-state index is 12.3. The van der Waals surface area contributed by atoms with Crippen molar-refractivity contribution in [1.29, 1.82) is 0 Å². The summed E-state index contributed by atoms with van der Waals surface area (Å²) in [4.78, 5) is 21.1. The highest BCUT2D eigenvalue weighted by Crippen LogP contribution is 2.60. The summed E-state index contributed by atoms with van der Waals surface area (Å²) in [5.41, 5.74) is 2.10. The molecule has 2 aromatic rings. The van der Waals surface area contributed by atoms with Crippen LogP contribution >= 0.6 is 11.3 Å². The Hall–Kier alpha value is -1.75. The number of pyridine rings is 1. The Balaban J connectivity index is 1.37.